The summed E-state index contributed by atoms with van der Waals surface area (Å²) in [5.74, 6) is 1.13. The Bertz CT molecular complexity index is 392. The molecule has 1 atom stereocenters. The van der Waals surface area contributed by atoms with Gasteiger partial charge in [-0.15, -0.1) is 0 Å². The third kappa shape index (κ3) is 2.74. The molecule has 3 heteroatoms. The number of nitrogens with zero attached hydrogens (tertiary/aromatic N) is 1. The first kappa shape index (κ1) is 15.3. The highest BCUT2D eigenvalue weighted by Crippen LogP contribution is 2.46. The monoisotopic (exact) mass is 292 g/mol. The molecule has 1 spiro atoms. The number of carbonyl (C=O) groups excluding carboxylic acids is 1. The van der Waals surface area contributed by atoms with Gasteiger partial charge in [0.25, 0.3) is 0 Å². The van der Waals surface area contributed by atoms with Crippen molar-refractivity contribution >= 4 is 5.91 Å². The van der Waals surface area contributed by atoms with Crippen LogP contribution in [0.2, 0.25) is 0 Å². The summed E-state index contributed by atoms with van der Waals surface area (Å²) in [4.78, 5) is 15.2. The van der Waals surface area contributed by atoms with Gasteiger partial charge in [0, 0.05) is 6.54 Å². The minimum absolute atomic E-state index is 0.197. The molecule has 1 N–H and O–H groups in total. The van der Waals surface area contributed by atoms with Gasteiger partial charge in [-0.3, -0.25) is 10.1 Å². The minimum Gasteiger partial charge on any atom is -0.325 e. The van der Waals surface area contributed by atoms with Gasteiger partial charge in [-0.1, -0.05) is 39.5 Å². The van der Waals surface area contributed by atoms with Gasteiger partial charge in [0.15, 0.2) is 0 Å². The van der Waals surface area contributed by atoms with Crippen LogP contribution >= 0.6 is 0 Å². The summed E-state index contributed by atoms with van der Waals surface area (Å²) in [5.41, 5.74) is 0.195. The number of hydrogen-bond acceptors (Lipinski definition) is 2. The lowest BCUT2D eigenvalue weighted by molar-refractivity contribution is -0.134. The fraction of sp³-hybridized carbons (Fsp3) is 0.944. The number of hydrogen-bond donors (Lipinski definition) is 1. The second-order valence-corrected chi connectivity index (χ2v) is 8.35. The van der Waals surface area contributed by atoms with Crippen LogP contribution in [-0.4, -0.2) is 29.1 Å². The van der Waals surface area contributed by atoms with Gasteiger partial charge in [0.2, 0.25) is 5.91 Å². The van der Waals surface area contributed by atoms with Gasteiger partial charge in [0.1, 0.15) is 0 Å². The van der Waals surface area contributed by atoms with Crippen molar-refractivity contribution in [2.24, 2.45) is 11.3 Å². The number of carbonyl (C=O) groups is 1. The van der Waals surface area contributed by atoms with Crippen molar-refractivity contribution in [3.05, 3.63) is 0 Å². The molecule has 0 bridgehead atoms. The Morgan fingerprint density at radius 2 is 1.71 bits per heavy atom. The van der Waals surface area contributed by atoms with Crippen LogP contribution in [0.15, 0.2) is 0 Å². The Hall–Kier alpha value is -0.570. The lowest BCUT2D eigenvalue weighted by atomic mass is 9.78. The zero-order valence-corrected chi connectivity index (χ0v) is 14.1. The van der Waals surface area contributed by atoms with E-state index in [0.29, 0.717) is 11.3 Å². The zero-order valence-electron chi connectivity index (χ0n) is 14.1. The quantitative estimate of drug-likeness (QED) is 0.857. The van der Waals surface area contributed by atoms with Crippen molar-refractivity contribution in [3.63, 3.8) is 0 Å². The first-order chi connectivity index (χ1) is 9.96. The zero-order chi connectivity index (χ0) is 15.1. The molecule has 2 saturated carbocycles. The molecule has 3 aliphatic rings. The van der Waals surface area contributed by atoms with E-state index >= 15 is 0 Å². The smallest absolute Gasteiger partial charge is 0.244 e. The maximum atomic E-state index is 13.0. The Labute approximate surface area is 129 Å². The Kier molecular flexibility index (Phi) is 4.06. The van der Waals surface area contributed by atoms with Crippen LogP contribution in [-0.2, 0) is 4.79 Å². The van der Waals surface area contributed by atoms with Crippen molar-refractivity contribution in [1.82, 2.24) is 10.2 Å². The van der Waals surface area contributed by atoms with E-state index in [1.807, 2.05) is 0 Å². The third-order valence-corrected chi connectivity index (χ3v) is 6.09. The molecule has 3 fully saturated rings. The van der Waals surface area contributed by atoms with Crippen molar-refractivity contribution in [2.45, 2.75) is 90.3 Å². The highest BCUT2D eigenvalue weighted by molar-refractivity contribution is 5.89. The highest BCUT2D eigenvalue weighted by atomic mass is 16.2. The molecule has 3 nitrogen and oxygen atoms in total. The second-order valence-electron chi connectivity index (χ2n) is 8.35. The van der Waals surface area contributed by atoms with E-state index in [1.54, 1.807) is 0 Å². The van der Waals surface area contributed by atoms with Gasteiger partial charge < -0.3 is 4.90 Å². The van der Waals surface area contributed by atoms with Crippen LogP contribution in [0.1, 0.15) is 78.6 Å². The molecule has 0 radical (unpaired) electrons. The molecular weight excluding hydrogens is 260 g/mol. The number of amides is 1. The van der Waals surface area contributed by atoms with E-state index in [4.69, 9.17) is 0 Å². The van der Waals surface area contributed by atoms with Gasteiger partial charge in [-0.2, -0.15) is 0 Å². The van der Waals surface area contributed by atoms with E-state index in [9.17, 15) is 4.79 Å². The van der Waals surface area contributed by atoms with Gasteiger partial charge in [0.05, 0.1) is 11.7 Å². The highest BCUT2D eigenvalue weighted by Gasteiger charge is 2.52. The topological polar surface area (TPSA) is 32.3 Å². The number of rotatable bonds is 4. The molecule has 3 rings (SSSR count). The Morgan fingerprint density at radius 1 is 1.14 bits per heavy atom. The summed E-state index contributed by atoms with van der Waals surface area (Å²) in [6.07, 6.45) is 11.3. The summed E-state index contributed by atoms with van der Waals surface area (Å²) in [6, 6.07) is 0. The van der Waals surface area contributed by atoms with Crippen molar-refractivity contribution in [1.29, 1.82) is 0 Å². The maximum Gasteiger partial charge on any atom is 0.244 e. The third-order valence-electron chi connectivity index (χ3n) is 6.09. The van der Waals surface area contributed by atoms with Crippen molar-refractivity contribution in [2.75, 3.05) is 6.54 Å². The fourth-order valence-electron chi connectivity index (χ4n) is 5.31. The van der Waals surface area contributed by atoms with Crippen LogP contribution in [0.25, 0.3) is 0 Å². The van der Waals surface area contributed by atoms with Gasteiger partial charge in [-0.25, -0.2) is 0 Å². The molecule has 1 amide bonds. The van der Waals surface area contributed by atoms with Crippen LogP contribution in [0.5, 0.6) is 0 Å². The molecule has 2 aliphatic carbocycles. The first-order valence-electron chi connectivity index (χ1n) is 9.05. The summed E-state index contributed by atoms with van der Waals surface area (Å²) in [5, 5.41) is 3.65. The predicted molar refractivity (Wildman–Crippen MR) is 85.9 cm³/mol. The maximum absolute atomic E-state index is 13.0. The molecule has 21 heavy (non-hydrogen) atoms. The second kappa shape index (κ2) is 5.57. The SMILES string of the molecule is CC(C)CC1(CN2C(=O)C3(CCCC3)NC2C)CCCC1. The van der Waals surface area contributed by atoms with E-state index in [2.05, 4.69) is 31.0 Å². The first-order valence-corrected chi connectivity index (χ1v) is 9.05. The molecule has 0 aromatic carbocycles. The molecule has 0 aromatic heterocycles. The average molecular weight is 292 g/mol. The Morgan fingerprint density at radius 3 is 2.29 bits per heavy atom. The molecule has 1 unspecified atom stereocenters. The lowest BCUT2D eigenvalue weighted by Gasteiger charge is -2.36. The van der Waals surface area contributed by atoms with E-state index in [0.717, 1.165) is 25.3 Å². The minimum atomic E-state index is -0.197. The van der Waals surface area contributed by atoms with Crippen LogP contribution in [0, 0.1) is 11.3 Å². The number of nitrogens with one attached hydrogen (secondary N) is 1. The molecule has 1 saturated heterocycles. The molecule has 1 aliphatic heterocycles. The van der Waals surface area contributed by atoms with Gasteiger partial charge in [-0.05, 0) is 50.4 Å². The Balaban J connectivity index is 1.75. The molecular formula is C18H32N2O. The summed E-state index contributed by atoms with van der Waals surface area (Å²) < 4.78 is 0. The van der Waals surface area contributed by atoms with Gasteiger partial charge >= 0.3 is 0 Å². The van der Waals surface area contributed by atoms with Crippen LogP contribution < -0.4 is 5.32 Å². The molecule has 1 heterocycles. The van der Waals surface area contributed by atoms with E-state index < -0.39 is 0 Å². The molecule has 120 valence electrons. The van der Waals surface area contributed by atoms with E-state index in [-0.39, 0.29) is 11.7 Å². The predicted octanol–water partition coefficient (Wildman–Crippen LogP) is 3.68. The molecule has 0 aromatic rings. The summed E-state index contributed by atoms with van der Waals surface area (Å²) >= 11 is 0. The van der Waals surface area contributed by atoms with Crippen LogP contribution in [0.3, 0.4) is 0 Å². The van der Waals surface area contributed by atoms with Crippen molar-refractivity contribution < 1.29 is 4.79 Å². The lowest BCUT2D eigenvalue weighted by Crippen LogP contribution is -2.45. The standard InChI is InChI=1S/C18H32N2O/c1-14(2)12-17(8-4-5-9-17)13-20-15(3)19-18(16(20)21)10-6-7-11-18/h14-15,19H,4-13H2,1-3H3. The summed E-state index contributed by atoms with van der Waals surface area (Å²) in [7, 11) is 0. The normalized spacial score (nSPS) is 31.0. The fourth-order valence-corrected chi connectivity index (χ4v) is 5.31. The largest absolute Gasteiger partial charge is 0.325 e. The van der Waals surface area contributed by atoms with Crippen molar-refractivity contribution in [3.8, 4) is 0 Å². The summed E-state index contributed by atoms with van der Waals surface area (Å²) in [6.45, 7) is 7.82. The van der Waals surface area contributed by atoms with E-state index in [1.165, 1.54) is 44.9 Å². The van der Waals surface area contributed by atoms with Crippen LogP contribution in [0.4, 0.5) is 0 Å². The average Bonchev–Trinajstić information content (AvgIpc) is 3.09.